The summed E-state index contributed by atoms with van der Waals surface area (Å²) < 4.78 is 5.51. The van der Waals surface area contributed by atoms with E-state index >= 15 is 0 Å². The largest absolute Gasteiger partial charge is 0.380 e. The maximum absolute atomic E-state index is 5.51. The van der Waals surface area contributed by atoms with Gasteiger partial charge in [0.25, 0.3) is 0 Å². The number of thioether (sulfide) groups is 1. The minimum atomic E-state index is 0.413. The summed E-state index contributed by atoms with van der Waals surface area (Å²) in [5.74, 6) is 0. The third kappa shape index (κ3) is 3.17. The predicted octanol–water partition coefficient (Wildman–Crippen LogP) is 1.34. The van der Waals surface area contributed by atoms with Crippen LogP contribution in [0.15, 0.2) is 23.6 Å². The zero-order valence-corrected chi connectivity index (χ0v) is 10.2. The Balaban J connectivity index is 1.96. The Morgan fingerprint density at radius 1 is 1.50 bits per heavy atom. The van der Waals surface area contributed by atoms with Gasteiger partial charge in [-0.25, -0.2) is 9.97 Å². The third-order valence-corrected chi connectivity index (χ3v) is 3.76. The van der Waals surface area contributed by atoms with Crippen LogP contribution in [0.5, 0.6) is 0 Å². The molecule has 2 rings (SSSR count). The van der Waals surface area contributed by atoms with Crippen LogP contribution < -0.4 is 5.32 Å². The van der Waals surface area contributed by atoms with Gasteiger partial charge in [0.1, 0.15) is 0 Å². The molecule has 0 radical (unpaired) electrons. The highest BCUT2D eigenvalue weighted by atomic mass is 32.2. The van der Waals surface area contributed by atoms with E-state index in [0.29, 0.717) is 11.3 Å². The molecule has 1 aromatic heterocycles. The monoisotopic (exact) mass is 239 g/mol. The van der Waals surface area contributed by atoms with Gasteiger partial charge >= 0.3 is 0 Å². The molecule has 1 aliphatic heterocycles. The zero-order valence-electron chi connectivity index (χ0n) is 9.43. The summed E-state index contributed by atoms with van der Waals surface area (Å²) in [5, 5.41) is 4.75. The molecule has 1 fully saturated rings. The van der Waals surface area contributed by atoms with Gasteiger partial charge in [0.15, 0.2) is 5.16 Å². The van der Waals surface area contributed by atoms with Crippen LogP contribution in [0.25, 0.3) is 0 Å². The molecule has 1 aliphatic rings. The molecule has 0 aromatic carbocycles. The Bertz CT molecular complexity index is 307. The van der Waals surface area contributed by atoms with Crippen LogP contribution in [0, 0.1) is 0 Å². The van der Waals surface area contributed by atoms with E-state index in [1.165, 1.54) is 0 Å². The molecular formula is C11H17N3OS. The van der Waals surface area contributed by atoms with Crippen molar-refractivity contribution < 1.29 is 4.74 Å². The summed E-state index contributed by atoms with van der Waals surface area (Å²) >= 11 is 1.70. The minimum Gasteiger partial charge on any atom is -0.380 e. The second-order valence-corrected chi connectivity index (χ2v) is 4.92. The Hall–Kier alpha value is -0.650. The van der Waals surface area contributed by atoms with E-state index in [1.54, 1.807) is 24.2 Å². The Morgan fingerprint density at radius 2 is 2.31 bits per heavy atom. The lowest BCUT2D eigenvalue weighted by molar-refractivity contribution is 0.0836. The van der Waals surface area contributed by atoms with Crippen molar-refractivity contribution in [2.45, 2.75) is 29.8 Å². The van der Waals surface area contributed by atoms with Gasteiger partial charge in [0.2, 0.25) is 0 Å². The van der Waals surface area contributed by atoms with E-state index in [2.05, 4.69) is 22.2 Å². The topological polar surface area (TPSA) is 47.0 Å². The maximum Gasteiger partial charge on any atom is 0.187 e. The van der Waals surface area contributed by atoms with Crippen LogP contribution in [0.2, 0.25) is 0 Å². The summed E-state index contributed by atoms with van der Waals surface area (Å²) in [6.07, 6.45) is 4.63. The average molecular weight is 239 g/mol. The lowest BCUT2D eigenvalue weighted by Gasteiger charge is -2.30. The average Bonchev–Trinajstić information content (AvgIpc) is 2.33. The molecule has 0 saturated carbocycles. The van der Waals surface area contributed by atoms with E-state index < -0.39 is 0 Å². The smallest absolute Gasteiger partial charge is 0.187 e. The first-order valence-corrected chi connectivity index (χ1v) is 6.53. The molecule has 0 amide bonds. The molecule has 0 bridgehead atoms. The van der Waals surface area contributed by atoms with Crippen LogP contribution in [0.3, 0.4) is 0 Å². The van der Waals surface area contributed by atoms with Gasteiger partial charge in [-0.05, 0) is 19.0 Å². The van der Waals surface area contributed by atoms with E-state index in [9.17, 15) is 0 Å². The molecular weight excluding hydrogens is 222 g/mol. The Labute approximate surface area is 100 Å². The van der Waals surface area contributed by atoms with Crippen molar-refractivity contribution in [3.8, 4) is 0 Å². The number of nitrogens with one attached hydrogen (secondary N) is 1. The number of ether oxygens (including phenoxy) is 1. The second-order valence-electron chi connectivity index (χ2n) is 3.72. The van der Waals surface area contributed by atoms with Crippen LogP contribution in [-0.4, -0.2) is 41.0 Å². The molecule has 1 saturated heterocycles. The van der Waals surface area contributed by atoms with Crippen molar-refractivity contribution in [1.29, 1.82) is 0 Å². The molecule has 0 aliphatic carbocycles. The van der Waals surface area contributed by atoms with Gasteiger partial charge in [-0.2, -0.15) is 0 Å². The van der Waals surface area contributed by atoms with Crippen molar-refractivity contribution in [1.82, 2.24) is 15.3 Å². The van der Waals surface area contributed by atoms with Gasteiger partial charge in [-0.3, -0.25) is 0 Å². The number of hydrogen-bond donors (Lipinski definition) is 1. The Morgan fingerprint density at radius 3 is 3.06 bits per heavy atom. The number of aromatic nitrogens is 2. The first-order valence-electron chi connectivity index (χ1n) is 5.65. The molecule has 16 heavy (non-hydrogen) atoms. The molecule has 2 atom stereocenters. The van der Waals surface area contributed by atoms with Crippen molar-refractivity contribution >= 4 is 11.8 Å². The summed E-state index contributed by atoms with van der Waals surface area (Å²) in [4.78, 5) is 8.47. The van der Waals surface area contributed by atoms with Crippen molar-refractivity contribution in [3.63, 3.8) is 0 Å². The normalized spacial score (nSPS) is 25.6. The lowest BCUT2D eigenvalue weighted by atomic mass is 10.1. The SMILES string of the molecule is CCNC1CCOCC1Sc1ncccn1. The fourth-order valence-corrected chi connectivity index (χ4v) is 2.88. The third-order valence-electron chi connectivity index (χ3n) is 2.57. The van der Waals surface area contributed by atoms with E-state index in [0.717, 1.165) is 31.3 Å². The maximum atomic E-state index is 5.51. The van der Waals surface area contributed by atoms with Gasteiger partial charge in [0, 0.05) is 25.0 Å². The lowest BCUT2D eigenvalue weighted by Crippen LogP contribution is -2.44. The fourth-order valence-electron chi connectivity index (χ4n) is 1.81. The quantitative estimate of drug-likeness (QED) is 0.803. The van der Waals surface area contributed by atoms with Crippen LogP contribution in [0.4, 0.5) is 0 Å². The minimum absolute atomic E-state index is 0.413. The fraction of sp³-hybridized carbons (Fsp3) is 0.636. The highest BCUT2D eigenvalue weighted by molar-refractivity contribution is 7.99. The van der Waals surface area contributed by atoms with Crippen molar-refractivity contribution in [3.05, 3.63) is 18.5 Å². The summed E-state index contributed by atoms with van der Waals surface area (Å²) in [7, 11) is 0. The number of nitrogens with zero attached hydrogens (tertiary/aromatic N) is 2. The van der Waals surface area contributed by atoms with Crippen LogP contribution >= 0.6 is 11.8 Å². The molecule has 1 aromatic rings. The molecule has 1 N–H and O–H groups in total. The van der Waals surface area contributed by atoms with Crippen molar-refractivity contribution in [2.75, 3.05) is 19.8 Å². The second kappa shape index (κ2) is 6.18. The summed E-state index contributed by atoms with van der Waals surface area (Å²) in [6.45, 7) is 4.76. The van der Waals surface area contributed by atoms with Gasteiger partial charge in [-0.1, -0.05) is 18.7 Å². The van der Waals surface area contributed by atoms with Gasteiger partial charge in [0.05, 0.1) is 11.9 Å². The Kier molecular flexibility index (Phi) is 4.56. The number of hydrogen-bond acceptors (Lipinski definition) is 5. The predicted molar refractivity (Wildman–Crippen MR) is 64.6 cm³/mol. The van der Waals surface area contributed by atoms with E-state index in [-0.39, 0.29) is 0 Å². The molecule has 2 heterocycles. The number of rotatable bonds is 4. The van der Waals surface area contributed by atoms with Crippen molar-refractivity contribution in [2.24, 2.45) is 0 Å². The van der Waals surface area contributed by atoms with Crippen LogP contribution in [0.1, 0.15) is 13.3 Å². The first-order chi connectivity index (χ1) is 7.90. The van der Waals surface area contributed by atoms with E-state index in [4.69, 9.17) is 4.74 Å². The standard InChI is InChI=1S/C11H17N3OS/c1-2-12-9-4-7-15-8-10(9)16-11-13-5-3-6-14-11/h3,5-6,9-10,12H,2,4,7-8H2,1H3. The summed E-state index contributed by atoms with van der Waals surface area (Å²) in [5.41, 5.74) is 0. The molecule has 4 nitrogen and oxygen atoms in total. The summed E-state index contributed by atoms with van der Waals surface area (Å²) in [6, 6.07) is 2.34. The first kappa shape index (κ1) is 11.8. The van der Waals surface area contributed by atoms with E-state index in [1.807, 2.05) is 6.07 Å². The van der Waals surface area contributed by atoms with Gasteiger partial charge in [-0.15, -0.1) is 0 Å². The highest BCUT2D eigenvalue weighted by Gasteiger charge is 2.26. The highest BCUT2D eigenvalue weighted by Crippen LogP contribution is 2.25. The molecule has 88 valence electrons. The molecule has 2 unspecified atom stereocenters. The van der Waals surface area contributed by atoms with Gasteiger partial charge < -0.3 is 10.1 Å². The molecule has 5 heteroatoms. The molecule has 0 spiro atoms. The van der Waals surface area contributed by atoms with Crippen LogP contribution in [-0.2, 0) is 4.74 Å². The zero-order chi connectivity index (χ0) is 11.2.